The van der Waals surface area contributed by atoms with Crippen LogP contribution in [0.3, 0.4) is 0 Å². The van der Waals surface area contributed by atoms with Gasteiger partial charge in [-0.2, -0.15) is 9.90 Å². The third kappa shape index (κ3) is 3.92. The van der Waals surface area contributed by atoms with Crippen LogP contribution in [0, 0.1) is 0 Å². The fraction of sp³-hybridized carbons (Fsp3) is 0.100. The summed E-state index contributed by atoms with van der Waals surface area (Å²) in [6.07, 6.45) is 1.17. The van der Waals surface area contributed by atoms with E-state index in [4.69, 9.17) is 0 Å². The maximum Gasteiger partial charge on any atom is -0.153 e. The van der Waals surface area contributed by atoms with E-state index in [0.29, 0.717) is 0 Å². The Hall–Kier alpha value is -1.000. The van der Waals surface area contributed by atoms with E-state index in [2.05, 4.69) is 97.9 Å². The molecule has 3 aromatic carbocycles. The van der Waals surface area contributed by atoms with E-state index < -0.39 is 7.26 Å². The molecule has 0 saturated heterocycles. The summed E-state index contributed by atoms with van der Waals surface area (Å²) in [4.78, 5) is 0. The molecule has 3 rings (SSSR count). The molecule has 0 aliphatic carbocycles. The van der Waals surface area contributed by atoms with Crippen LogP contribution in [0.15, 0.2) is 91.0 Å². The Morgan fingerprint density at radius 2 is 0.826 bits per heavy atom. The molecule has 0 radical (unpaired) electrons. The average Bonchev–Trinajstić information content (AvgIpc) is 2.59. The van der Waals surface area contributed by atoms with E-state index in [0.717, 1.165) is 0 Å². The van der Waals surface area contributed by atoms with Crippen molar-refractivity contribution < 1.29 is 0 Å². The molecule has 0 aliphatic rings. The number of hydrogen-bond donors (Lipinski definition) is 0. The van der Waals surface area contributed by atoms with Crippen molar-refractivity contribution in [1.29, 1.82) is 0 Å². The number of hydrogen-bond acceptors (Lipinski definition) is 0. The monoisotopic (exact) mass is 406 g/mol. The van der Waals surface area contributed by atoms with Crippen LogP contribution in [0.2, 0.25) is 0 Å². The molecule has 0 N–H and O–H groups in total. The van der Waals surface area contributed by atoms with Crippen LogP contribution in [-0.2, 0) is 0 Å². The van der Waals surface area contributed by atoms with Crippen molar-refractivity contribution in [3.05, 3.63) is 91.0 Å². The largest absolute Gasteiger partial charge is 0.153 e. The molecular weight excluding hydrogens is 382 g/mol. The van der Waals surface area contributed by atoms with Gasteiger partial charge in [-0.25, -0.2) is 0 Å². The van der Waals surface area contributed by atoms with Gasteiger partial charge in [-0.15, -0.1) is 17.0 Å². The minimum atomic E-state index is -1.90. The van der Waals surface area contributed by atoms with Gasteiger partial charge in [0, 0.05) is 0 Å². The van der Waals surface area contributed by atoms with Gasteiger partial charge >= 0.3 is 127 Å². The van der Waals surface area contributed by atoms with Crippen molar-refractivity contribution in [3.8, 4) is 0 Å². The first-order valence-electron chi connectivity index (χ1n) is 7.54. The molecule has 0 aliphatic heterocycles. The number of benzene rings is 3. The number of rotatable bonds is 4. The molecule has 0 bridgehead atoms. The second-order valence-electron chi connectivity index (χ2n) is 5.36. The molecule has 0 fully saturated rings. The van der Waals surface area contributed by atoms with E-state index in [9.17, 15) is 0 Å². The molecule has 0 amide bonds. The second-order valence-corrected chi connectivity index (χ2v) is 9.61. The van der Waals surface area contributed by atoms with Crippen molar-refractivity contribution in [1.82, 2.24) is 0 Å². The Morgan fingerprint density at radius 3 is 1.04 bits per heavy atom. The van der Waals surface area contributed by atoms with Gasteiger partial charge in [-0.05, 0) is 0 Å². The first-order valence-corrected chi connectivity index (χ1v) is 9.75. The fourth-order valence-corrected chi connectivity index (χ4v) is 7.79. The molecule has 122 valence electrons. The summed E-state index contributed by atoms with van der Waals surface area (Å²) in [6.45, 7) is 2.33. The van der Waals surface area contributed by atoms with Gasteiger partial charge in [0.15, 0.2) is 0 Å². The fourth-order valence-electron chi connectivity index (χ4n) is 3.28. The van der Waals surface area contributed by atoms with Crippen LogP contribution >= 0.6 is 34.1 Å². The normalized spacial score (nSPS) is 11.0. The maximum absolute atomic E-state index is 2.33. The molecule has 3 heteroatoms. The van der Waals surface area contributed by atoms with Crippen molar-refractivity contribution in [2.24, 2.45) is 0 Å². The quantitative estimate of drug-likeness (QED) is 0.564. The van der Waals surface area contributed by atoms with Crippen LogP contribution in [0.1, 0.15) is 6.92 Å². The van der Waals surface area contributed by atoms with E-state index in [1.165, 1.54) is 22.1 Å². The Balaban J connectivity index is 0.00000132. The summed E-state index contributed by atoms with van der Waals surface area (Å²) >= 11 is 0. The Labute approximate surface area is 154 Å². The van der Waals surface area contributed by atoms with E-state index in [1.807, 2.05) is 0 Å². The number of halogens is 1. The molecule has 1 atom stereocenters. The van der Waals surface area contributed by atoms with Crippen molar-refractivity contribution in [2.45, 2.75) is 6.92 Å². The summed E-state index contributed by atoms with van der Waals surface area (Å²) in [5, 5.41) is 4.47. The minimum absolute atomic E-state index is 0. The van der Waals surface area contributed by atoms with Crippen molar-refractivity contribution >= 4 is 50.1 Å². The SMILES string of the molecule is Br.CC[PH](c1ccccc1)(c1ccccc1)c1ccccc1.P. The smallest absolute Gasteiger partial charge is 0.153 e. The Kier molecular flexibility index (Phi) is 8.13. The van der Waals surface area contributed by atoms with Gasteiger partial charge < -0.3 is 0 Å². The van der Waals surface area contributed by atoms with Crippen LogP contribution in [-0.4, -0.2) is 6.16 Å². The minimum Gasteiger partial charge on any atom is -0.153 e. The predicted octanol–water partition coefficient (Wildman–Crippen LogP) is 4.37. The molecule has 1 unspecified atom stereocenters. The van der Waals surface area contributed by atoms with Gasteiger partial charge in [-0.1, -0.05) is 0 Å². The van der Waals surface area contributed by atoms with Gasteiger partial charge in [0.2, 0.25) is 0 Å². The standard InChI is InChI=1S/C20H21P.BrH.H3P/c1-2-21(18-12-6-3-7-13-18,19-14-8-4-9-15-19)20-16-10-5-11-17-20;;/h3-17,21H,2H2,1H3;1H;1H3. The second kappa shape index (κ2) is 9.33. The molecule has 0 nitrogen and oxygen atoms in total. The summed E-state index contributed by atoms with van der Waals surface area (Å²) < 4.78 is 0. The third-order valence-electron chi connectivity index (χ3n) is 4.33. The third-order valence-corrected chi connectivity index (χ3v) is 9.35. The molecule has 0 saturated carbocycles. The van der Waals surface area contributed by atoms with Crippen molar-refractivity contribution in [2.75, 3.05) is 6.16 Å². The van der Waals surface area contributed by atoms with E-state index >= 15 is 0 Å². The molecule has 23 heavy (non-hydrogen) atoms. The maximum atomic E-state index is 2.33. The van der Waals surface area contributed by atoms with Gasteiger partial charge in [0.1, 0.15) is 0 Å². The Bertz CT molecular complexity index is 588. The molecular formula is C20H25BrP2. The predicted molar refractivity (Wildman–Crippen MR) is 119 cm³/mol. The van der Waals surface area contributed by atoms with Crippen LogP contribution in [0.5, 0.6) is 0 Å². The topological polar surface area (TPSA) is 0 Å². The summed E-state index contributed by atoms with van der Waals surface area (Å²) in [5.41, 5.74) is 0. The average molecular weight is 407 g/mol. The summed E-state index contributed by atoms with van der Waals surface area (Å²) in [7, 11) is -1.90. The van der Waals surface area contributed by atoms with Gasteiger partial charge in [-0.3, -0.25) is 0 Å². The van der Waals surface area contributed by atoms with Gasteiger partial charge in [0.25, 0.3) is 0 Å². The van der Waals surface area contributed by atoms with Crippen LogP contribution in [0.25, 0.3) is 0 Å². The van der Waals surface area contributed by atoms with Gasteiger partial charge in [0.05, 0.1) is 0 Å². The first kappa shape index (κ1) is 20.0. The Morgan fingerprint density at radius 1 is 0.565 bits per heavy atom. The first-order chi connectivity index (χ1) is 10.4. The molecule has 0 heterocycles. The van der Waals surface area contributed by atoms with E-state index in [-0.39, 0.29) is 26.9 Å². The van der Waals surface area contributed by atoms with E-state index in [1.54, 1.807) is 0 Å². The molecule has 0 spiro atoms. The van der Waals surface area contributed by atoms with Crippen LogP contribution in [0.4, 0.5) is 0 Å². The molecule has 3 aromatic rings. The zero-order valence-corrected chi connectivity index (χ0v) is 17.6. The van der Waals surface area contributed by atoms with Crippen molar-refractivity contribution in [3.63, 3.8) is 0 Å². The summed E-state index contributed by atoms with van der Waals surface area (Å²) in [5.74, 6) is 0. The summed E-state index contributed by atoms with van der Waals surface area (Å²) in [6, 6.07) is 33.1. The zero-order chi connectivity index (χ0) is 14.5. The molecule has 0 aromatic heterocycles. The van der Waals surface area contributed by atoms with Crippen LogP contribution < -0.4 is 15.9 Å². The zero-order valence-electron chi connectivity index (χ0n) is 13.5.